The number of anilines is 1. The van der Waals surface area contributed by atoms with Gasteiger partial charge in [-0.25, -0.2) is 13.1 Å². The number of aromatic amines is 1. The number of likely N-dealkylation sites (tertiary alicyclic amines) is 1. The van der Waals surface area contributed by atoms with E-state index in [1.165, 1.54) is 0 Å². The number of para-hydroxylation sites is 1. The van der Waals surface area contributed by atoms with Crippen molar-refractivity contribution in [1.82, 2.24) is 14.6 Å². The third kappa shape index (κ3) is 4.85. The lowest BCUT2D eigenvalue weighted by atomic mass is 10.2. The monoisotopic (exact) mass is 452 g/mol. The predicted octanol–water partition coefficient (Wildman–Crippen LogP) is 2.83. The zero-order valence-corrected chi connectivity index (χ0v) is 18.5. The van der Waals surface area contributed by atoms with Gasteiger partial charge in [0, 0.05) is 37.4 Å². The standard InChI is InChI=1S/C20H25ClN4O4S/c1-13-18(20(27)25-11-5-6-12-25)19(14(2)23-13)30(28,29)22-10-9-17(26)24-16-8-4-3-7-15(16)21/h3-4,7-8,22-23H,5-6,9-12H2,1-2H3,(H,24,26). The molecule has 10 heteroatoms. The highest BCUT2D eigenvalue weighted by atomic mass is 35.5. The van der Waals surface area contributed by atoms with Crippen LogP contribution < -0.4 is 10.0 Å². The first-order chi connectivity index (χ1) is 14.2. The number of halogens is 1. The van der Waals surface area contributed by atoms with Crippen LogP contribution >= 0.6 is 11.6 Å². The quantitative estimate of drug-likeness (QED) is 0.599. The first kappa shape index (κ1) is 22.3. The van der Waals surface area contributed by atoms with E-state index in [-0.39, 0.29) is 35.2 Å². The zero-order chi connectivity index (χ0) is 21.9. The summed E-state index contributed by atoms with van der Waals surface area (Å²) in [6.07, 6.45) is 1.74. The van der Waals surface area contributed by atoms with Crippen LogP contribution in [0.1, 0.15) is 41.0 Å². The van der Waals surface area contributed by atoms with Gasteiger partial charge in [0.1, 0.15) is 4.90 Å². The highest BCUT2D eigenvalue weighted by Gasteiger charge is 2.32. The summed E-state index contributed by atoms with van der Waals surface area (Å²) in [6, 6.07) is 6.79. The van der Waals surface area contributed by atoms with E-state index in [4.69, 9.17) is 11.6 Å². The molecule has 1 aliphatic rings. The van der Waals surface area contributed by atoms with Gasteiger partial charge in [0.15, 0.2) is 0 Å². The van der Waals surface area contributed by atoms with Crippen molar-refractivity contribution in [1.29, 1.82) is 0 Å². The number of sulfonamides is 1. The number of carbonyl (C=O) groups excluding carboxylic acids is 2. The second-order valence-corrected chi connectivity index (χ2v) is 9.37. The molecular weight excluding hydrogens is 428 g/mol. The maximum absolute atomic E-state index is 12.9. The van der Waals surface area contributed by atoms with E-state index in [0.717, 1.165) is 12.8 Å². The number of benzene rings is 1. The number of hydrogen-bond acceptors (Lipinski definition) is 4. The first-order valence-corrected chi connectivity index (χ1v) is 11.6. The van der Waals surface area contributed by atoms with Crippen LogP contribution in [0.15, 0.2) is 29.2 Å². The highest BCUT2D eigenvalue weighted by Crippen LogP contribution is 2.26. The number of aromatic nitrogens is 1. The van der Waals surface area contributed by atoms with Crippen LogP contribution in [0.4, 0.5) is 5.69 Å². The van der Waals surface area contributed by atoms with Crippen LogP contribution in [0.2, 0.25) is 5.02 Å². The maximum Gasteiger partial charge on any atom is 0.257 e. The van der Waals surface area contributed by atoms with Crippen molar-refractivity contribution in [2.45, 2.75) is 38.0 Å². The van der Waals surface area contributed by atoms with E-state index >= 15 is 0 Å². The second-order valence-electron chi connectivity index (χ2n) is 7.25. The van der Waals surface area contributed by atoms with Gasteiger partial charge in [0.25, 0.3) is 5.91 Å². The third-order valence-corrected chi connectivity index (χ3v) is 6.95. The minimum Gasteiger partial charge on any atom is -0.361 e. The predicted molar refractivity (Wildman–Crippen MR) is 115 cm³/mol. The molecule has 1 aliphatic heterocycles. The second kappa shape index (κ2) is 9.20. The largest absolute Gasteiger partial charge is 0.361 e. The third-order valence-electron chi connectivity index (χ3n) is 4.99. The molecule has 2 amide bonds. The summed E-state index contributed by atoms with van der Waals surface area (Å²) in [4.78, 5) is 29.6. The summed E-state index contributed by atoms with van der Waals surface area (Å²) in [7, 11) is -3.99. The number of rotatable bonds is 7. The molecule has 1 aromatic heterocycles. The van der Waals surface area contributed by atoms with E-state index in [1.54, 1.807) is 43.0 Å². The zero-order valence-electron chi connectivity index (χ0n) is 16.9. The number of nitrogens with zero attached hydrogens (tertiary/aromatic N) is 1. The van der Waals surface area contributed by atoms with Crippen LogP contribution in [0, 0.1) is 13.8 Å². The Balaban J connectivity index is 1.69. The summed E-state index contributed by atoms with van der Waals surface area (Å²) in [5.41, 5.74) is 1.54. The average Bonchev–Trinajstić information content (AvgIpc) is 3.31. The number of H-pyrrole nitrogens is 1. The Morgan fingerprint density at radius 3 is 2.47 bits per heavy atom. The molecule has 2 aromatic rings. The molecule has 8 nitrogen and oxygen atoms in total. The number of amides is 2. The van der Waals surface area contributed by atoms with Crippen molar-refractivity contribution >= 4 is 39.1 Å². The number of nitrogens with one attached hydrogen (secondary N) is 3. The van der Waals surface area contributed by atoms with Gasteiger partial charge in [-0.3, -0.25) is 9.59 Å². The summed E-state index contributed by atoms with van der Waals surface area (Å²) in [5.74, 6) is -0.660. The molecule has 0 bridgehead atoms. The van der Waals surface area contributed by atoms with Crippen molar-refractivity contribution in [3.05, 3.63) is 46.2 Å². The van der Waals surface area contributed by atoms with Gasteiger partial charge in [-0.2, -0.15) is 0 Å². The van der Waals surface area contributed by atoms with Crippen molar-refractivity contribution < 1.29 is 18.0 Å². The van der Waals surface area contributed by atoms with Gasteiger partial charge < -0.3 is 15.2 Å². The van der Waals surface area contributed by atoms with Crippen LogP contribution in [0.5, 0.6) is 0 Å². The minimum absolute atomic E-state index is 0.0524. The fourth-order valence-corrected chi connectivity index (χ4v) is 5.24. The Hall–Kier alpha value is -2.36. The molecule has 1 saturated heterocycles. The molecule has 30 heavy (non-hydrogen) atoms. The molecule has 1 aromatic carbocycles. The van der Waals surface area contributed by atoms with E-state index in [1.807, 2.05) is 0 Å². The summed E-state index contributed by atoms with van der Waals surface area (Å²) < 4.78 is 28.3. The van der Waals surface area contributed by atoms with Crippen LogP contribution in [-0.4, -0.2) is 49.8 Å². The van der Waals surface area contributed by atoms with Gasteiger partial charge in [-0.05, 0) is 38.8 Å². The van der Waals surface area contributed by atoms with Crippen LogP contribution in [0.3, 0.4) is 0 Å². The molecule has 3 N–H and O–H groups in total. The van der Waals surface area contributed by atoms with Crippen molar-refractivity contribution in [3.63, 3.8) is 0 Å². The molecule has 0 radical (unpaired) electrons. The topological polar surface area (TPSA) is 111 Å². The van der Waals surface area contributed by atoms with Gasteiger partial charge in [-0.1, -0.05) is 23.7 Å². The fourth-order valence-electron chi connectivity index (χ4n) is 3.58. The Bertz CT molecular complexity index is 1060. The smallest absolute Gasteiger partial charge is 0.257 e. The van der Waals surface area contributed by atoms with Gasteiger partial charge in [0.05, 0.1) is 16.3 Å². The van der Waals surface area contributed by atoms with Crippen molar-refractivity contribution in [2.24, 2.45) is 0 Å². The van der Waals surface area contributed by atoms with Gasteiger partial charge in [-0.15, -0.1) is 0 Å². The Labute approximate surface area is 181 Å². The summed E-state index contributed by atoms with van der Waals surface area (Å²) in [6.45, 7) is 4.44. The summed E-state index contributed by atoms with van der Waals surface area (Å²) >= 11 is 6.01. The van der Waals surface area contributed by atoms with Crippen molar-refractivity contribution in [2.75, 3.05) is 25.0 Å². The molecular formula is C20H25ClN4O4S. The van der Waals surface area contributed by atoms with E-state index < -0.39 is 10.0 Å². The molecule has 0 aliphatic carbocycles. The normalized spacial score (nSPS) is 14.2. The van der Waals surface area contributed by atoms with Gasteiger partial charge in [0.2, 0.25) is 15.9 Å². The highest BCUT2D eigenvalue weighted by molar-refractivity contribution is 7.89. The number of aryl methyl sites for hydroxylation is 2. The fraction of sp³-hybridized carbons (Fsp3) is 0.400. The molecule has 0 spiro atoms. The van der Waals surface area contributed by atoms with E-state index in [0.29, 0.717) is 35.2 Å². The lowest BCUT2D eigenvalue weighted by molar-refractivity contribution is -0.116. The SMILES string of the molecule is Cc1[nH]c(C)c(S(=O)(=O)NCCC(=O)Nc2ccccc2Cl)c1C(=O)N1CCCC1. The Morgan fingerprint density at radius 2 is 1.80 bits per heavy atom. The average molecular weight is 453 g/mol. The molecule has 0 saturated carbocycles. The van der Waals surface area contributed by atoms with Crippen LogP contribution in [0.25, 0.3) is 0 Å². The van der Waals surface area contributed by atoms with E-state index in [2.05, 4.69) is 15.0 Å². The maximum atomic E-state index is 12.9. The minimum atomic E-state index is -3.99. The lowest BCUT2D eigenvalue weighted by Gasteiger charge is -2.17. The number of carbonyl (C=O) groups is 2. The Kier molecular flexibility index (Phi) is 6.84. The van der Waals surface area contributed by atoms with E-state index in [9.17, 15) is 18.0 Å². The molecule has 162 valence electrons. The molecule has 3 rings (SSSR count). The molecule has 2 heterocycles. The first-order valence-electron chi connectivity index (χ1n) is 9.73. The number of hydrogen-bond donors (Lipinski definition) is 3. The molecule has 1 fully saturated rings. The van der Waals surface area contributed by atoms with Crippen molar-refractivity contribution in [3.8, 4) is 0 Å². The lowest BCUT2D eigenvalue weighted by Crippen LogP contribution is -2.32. The van der Waals surface area contributed by atoms with Crippen LogP contribution in [-0.2, 0) is 14.8 Å². The summed E-state index contributed by atoms with van der Waals surface area (Å²) in [5, 5.41) is 3.04. The molecule has 0 atom stereocenters. The Morgan fingerprint density at radius 1 is 1.13 bits per heavy atom. The van der Waals surface area contributed by atoms with Gasteiger partial charge >= 0.3 is 0 Å². The molecule has 0 unspecified atom stereocenters.